The largest absolute Gasteiger partial charge is 0.486 e. The monoisotopic (exact) mass is 372 g/mol. The van der Waals surface area contributed by atoms with E-state index in [0.717, 1.165) is 29.7 Å². The summed E-state index contributed by atoms with van der Waals surface area (Å²) in [5, 5.41) is 12.1. The lowest BCUT2D eigenvalue weighted by molar-refractivity contribution is -0.118. The Labute approximate surface area is 158 Å². The number of nitrogens with zero attached hydrogens (tertiary/aromatic N) is 3. The van der Waals surface area contributed by atoms with Crippen molar-refractivity contribution >= 4 is 17.7 Å². The van der Waals surface area contributed by atoms with Gasteiger partial charge in [0.2, 0.25) is 5.91 Å². The molecule has 6 nitrogen and oxygen atoms in total. The highest BCUT2D eigenvalue weighted by molar-refractivity contribution is 7.99. The molecule has 1 saturated carbocycles. The molecule has 0 spiro atoms. The summed E-state index contributed by atoms with van der Waals surface area (Å²) >= 11 is 1.39. The van der Waals surface area contributed by atoms with Crippen molar-refractivity contribution in [3.05, 3.63) is 47.8 Å². The van der Waals surface area contributed by atoms with Crippen LogP contribution in [0.3, 0.4) is 0 Å². The summed E-state index contributed by atoms with van der Waals surface area (Å²) in [5.74, 6) is 1.91. The van der Waals surface area contributed by atoms with Crippen molar-refractivity contribution in [3.63, 3.8) is 0 Å². The first-order valence-corrected chi connectivity index (χ1v) is 9.70. The van der Waals surface area contributed by atoms with Crippen molar-refractivity contribution in [1.82, 2.24) is 20.1 Å². The van der Waals surface area contributed by atoms with Gasteiger partial charge in [-0.2, -0.15) is 0 Å². The molecule has 1 amide bonds. The molecule has 0 unspecified atom stereocenters. The molecule has 3 rings (SSSR count). The average molecular weight is 372 g/mol. The molecular weight excluding hydrogens is 348 g/mol. The lowest BCUT2D eigenvalue weighted by Crippen LogP contribution is -2.27. The van der Waals surface area contributed by atoms with E-state index in [1.54, 1.807) is 6.08 Å². The highest BCUT2D eigenvalue weighted by atomic mass is 32.2. The number of carbonyl (C=O) groups excluding carboxylic acids is 1. The normalized spacial score (nSPS) is 13.5. The first kappa shape index (κ1) is 18.5. The lowest BCUT2D eigenvalue weighted by Gasteiger charge is -2.10. The number of nitrogens with one attached hydrogen (secondary N) is 1. The van der Waals surface area contributed by atoms with Crippen LogP contribution in [-0.4, -0.2) is 32.5 Å². The standard InChI is InChI=1S/C19H24N4O2S/c1-4-7-23-17(11-25-16-9-13(2)8-14(3)10-16)21-22-19(23)26-12-18(24)20-15-5-6-15/h4,8-10,15H,1,5-7,11-12H2,2-3H3,(H,20,24). The Morgan fingerprint density at radius 3 is 2.73 bits per heavy atom. The van der Waals surface area contributed by atoms with E-state index in [-0.39, 0.29) is 5.91 Å². The van der Waals surface area contributed by atoms with Gasteiger partial charge in [-0.05, 0) is 49.9 Å². The second-order valence-corrected chi connectivity index (χ2v) is 7.48. The van der Waals surface area contributed by atoms with Crippen molar-refractivity contribution in [2.45, 2.75) is 51.0 Å². The number of aromatic nitrogens is 3. The third kappa shape index (κ3) is 5.11. The summed E-state index contributed by atoms with van der Waals surface area (Å²) in [7, 11) is 0. The molecule has 7 heteroatoms. The summed E-state index contributed by atoms with van der Waals surface area (Å²) in [5.41, 5.74) is 2.32. The van der Waals surface area contributed by atoms with Crippen molar-refractivity contribution in [2.75, 3.05) is 5.75 Å². The lowest BCUT2D eigenvalue weighted by atomic mass is 10.1. The third-order valence-corrected chi connectivity index (χ3v) is 4.91. The topological polar surface area (TPSA) is 69.0 Å². The summed E-state index contributed by atoms with van der Waals surface area (Å²) < 4.78 is 7.83. The number of aryl methyl sites for hydroxylation is 2. The summed E-state index contributed by atoms with van der Waals surface area (Å²) in [6, 6.07) is 6.48. The molecule has 0 radical (unpaired) electrons. The fourth-order valence-electron chi connectivity index (χ4n) is 2.64. The molecule has 1 aromatic carbocycles. The summed E-state index contributed by atoms with van der Waals surface area (Å²) in [6.07, 6.45) is 3.96. The first-order chi connectivity index (χ1) is 12.5. The highest BCUT2D eigenvalue weighted by Crippen LogP contribution is 2.22. The zero-order valence-corrected chi connectivity index (χ0v) is 16.0. The van der Waals surface area contributed by atoms with E-state index in [9.17, 15) is 4.79 Å². The van der Waals surface area contributed by atoms with Crippen molar-refractivity contribution in [1.29, 1.82) is 0 Å². The maximum atomic E-state index is 11.9. The van der Waals surface area contributed by atoms with Gasteiger partial charge < -0.3 is 10.1 Å². The second-order valence-electron chi connectivity index (χ2n) is 6.54. The van der Waals surface area contributed by atoms with Crippen molar-refractivity contribution in [3.8, 4) is 5.75 Å². The molecule has 1 aliphatic carbocycles. The number of amides is 1. The predicted octanol–water partition coefficient (Wildman–Crippen LogP) is 3.03. The molecule has 2 aromatic rings. The zero-order chi connectivity index (χ0) is 18.5. The van der Waals surface area contributed by atoms with Gasteiger partial charge in [-0.25, -0.2) is 0 Å². The Kier molecular flexibility index (Phi) is 5.98. The summed E-state index contributed by atoms with van der Waals surface area (Å²) in [6.45, 7) is 8.78. The zero-order valence-electron chi connectivity index (χ0n) is 15.2. The third-order valence-electron chi connectivity index (χ3n) is 3.94. The van der Waals surface area contributed by atoms with E-state index < -0.39 is 0 Å². The van der Waals surface area contributed by atoms with E-state index in [0.29, 0.717) is 35.9 Å². The predicted molar refractivity (Wildman–Crippen MR) is 102 cm³/mol. The smallest absolute Gasteiger partial charge is 0.230 e. The number of ether oxygens (including phenoxy) is 1. The van der Waals surface area contributed by atoms with Crippen molar-refractivity contribution in [2.24, 2.45) is 0 Å². The quantitative estimate of drug-likeness (QED) is 0.541. The van der Waals surface area contributed by atoms with Crippen LogP contribution in [0.2, 0.25) is 0 Å². The van der Waals surface area contributed by atoms with E-state index in [1.165, 1.54) is 11.8 Å². The van der Waals surface area contributed by atoms with Crippen molar-refractivity contribution < 1.29 is 9.53 Å². The van der Waals surface area contributed by atoms with Gasteiger partial charge in [-0.1, -0.05) is 23.9 Å². The minimum atomic E-state index is 0.0405. The number of thioether (sulfide) groups is 1. The average Bonchev–Trinajstić information content (AvgIpc) is 3.31. The van der Waals surface area contributed by atoms with Crippen LogP contribution in [0.15, 0.2) is 36.0 Å². The van der Waals surface area contributed by atoms with E-state index in [2.05, 4.69) is 28.2 Å². The Hall–Kier alpha value is -2.28. The molecule has 1 heterocycles. The minimum Gasteiger partial charge on any atom is -0.486 e. The molecular formula is C19H24N4O2S. The number of hydrogen-bond donors (Lipinski definition) is 1. The molecule has 0 atom stereocenters. The SMILES string of the molecule is C=CCn1c(COc2cc(C)cc(C)c2)nnc1SCC(=O)NC1CC1. The first-order valence-electron chi connectivity index (χ1n) is 8.71. The van der Waals surface area contributed by atoms with Crippen LogP contribution in [0.1, 0.15) is 29.8 Å². The van der Waals surface area contributed by atoms with Gasteiger partial charge >= 0.3 is 0 Å². The van der Waals surface area contributed by atoms with E-state index in [1.807, 2.05) is 30.5 Å². The van der Waals surface area contributed by atoms with Gasteiger partial charge in [-0.3, -0.25) is 9.36 Å². The molecule has 1 fully saturated rings. The highest BCUT2D eigenvalue weighted by Gasteiger charge is 2.23. The number of carbonyl (C=O) groups is 1. The molecule has 0 aliphatic heterocycles. The number of allylic oxidation sites excluding steroid dienone is 1. The van der Waals surface area contributed by atoms with Gasteiger partial charge in [-0.15, -0.1) is 16.8 Å². The maximum Gasteiger partial charge on any atom is 0.230 e. The molecule has 1 aliphatic rings. The maximum absolute atomic E-state index is 11.9. The van der Waals surface area contributed by atoms with Gasteiger partial charge in [0, 0.05) is 12.6 Å². The fraction of sp³-hybridized carbons (Fsp3) is 0.421. The fourth-order valence-corrected chi connectivity index (χ4v) is 3.41. The van der Waals surface area contributed by atoms with Gasteiger partial charge in [0.1, 0.15) is 12.4 Å². The van der Waals surface area contributed by atoms with Gasteiger partial charge in [0.05, 0.1) is 5.75 Å². The van der Waals surface area contributed by atoms with Crippen LogP contribution in [0.4, 0.5) is 0 Å². The molecule has 1 aromatic heterocycles. The Morgan fingerprint density at radius 1 is 1.35 bits per heavy atom. The van der Waals surface area contributed by atoms with E-state index in [4.69, 9.17) is 4.74 Å². The van der Waals surface area contributed by atoms with Crippen LogP contribution < -0.4 is 10.1 Å². The van der Waals surface area contributed by atoms with E-state index >= 15 is 0 Å². The van der Waals surface area contributed by atoms with Crippen LogP contribution in [0.25, 0.3) is 0 Å². The van der Waals surface area contributed by atoms with Crippen LogP contribution in [-0.2, 0) is 17.9 Å². The molecule has 1 N–H and O–H groups in total. The molecule has 0 bridgehead atoms. The Bertz CT molecular complexity index is 779. The number of rotatable bonds is 9. The number of hydrogen-bond acceptors (Lipinski definition) is 5. The minimum absolute atomic E-state index is 0.0405. The number of benzene rings is 1. The van der Waals surface area contributed by atoms with Crippen LogP contribution in [0.5, 0.6) is 5.75 Å². The molecule has 138 valence electrons. The Balaban J connectivity index is 1.63. The second kappa shape index (κ2) is 8.40. The van der Waals surface area contributed by atoms with Gasteiger partial charge in [0.15, 0.2) is 11.0 Å². The van der Waals surface area contributed by atoms with Gasteiger partial charge in [0.25, 0.3) is 0 Å². The molecule has 0 saturated heterocycles. The van der Waals surface area contributed by atoms with Crippen LogP contribution >= 0.6 is 11.8 Å². The molecule has 26 heavy (non-hydrogen) atoms. The van der Waals surface area contributed by atoms with Crippen LogP contribution in [0, 0.1) is 13.8 Å². The Morgan fingerprint density at radius 2 is 2.08 bits per heavy atom. The summed E-state index contributed by atoms with van der Waals surface area (Å²) in [4.78, 5) is 11.9.